The van der Waals surface area contributed by atoms with Crippen LogP contribution in [0, 0.1) is 11.8 Å². The number of methoxy groups -OCH3 is 1. The fourth-order valence-corrected chi connectivity index (χ4v) is 4.30. The fraction of sp³-hybridized carbons (Fsp3) is 0.333. The van der Waals surface area contributed by atoms with Gasteiger partial charge >= 0.3 is 5.97 Å². The van der Waals surface area contributed by atoms with Crippen molar-refractivity contribution in [2.24, 2.45) is 11.8 Å². The van der Waals surface area contributed by atoms with E-state index in [1.165, 1.54) is 24.1 Å². The quantitative estimate of drug-likeness (QED) is 0.551. The predicted octanol–water partition coefficient (Wildman–Crippen LogP) is 3.17. The summed E-state index contributed by atoms with van der Waals surface area (Å²) in [5.74, 6) is -1.59. The number of anilines is 2. The van der Waals surface area contributed by atoms with Crippen LogP contribution in [0.4, 0.5) is 11.4 Å². The standard InChI is InChI=1S/C24H24N2O6/c1-31-18-9-5-7-16(13-18)25-21(27)14-32-24(30)15-6-4-8-17(12-15)26-22(28)19-10-2-3-11-20(19)23(26)29/h4-9,12-13,19-20H,2-3,10-11,14H2,1H3,(H,25,27)/t19-,20+. The maximum Gasteiger partial charge on any atom is 0.338 e. The summed E-state index contributed by atoms with van der Waals surface area (Å²) in [7, 11) is 1.52. The minimum absolute atomic E-state index is 0.159. The summed E-state index contributed by atoms with van der Waals surface area (Å²) in [5, 5.41) is 2.63. The first-order valence-electron chi connectivity index (χ1n) is 10.6. The Morgan fingerprint density at radius 2 is 1.69 bits per heavy atom. The predicted molar refractivity (Wildman–Crippen MR) is 116 cm³/mol. The second kappa shape index (κ2) is 9.21. The van der Waals surface area contributed by atoms with Crippen molar-refractivity contribution in [1.29, 1.82) is 0 Å². The zero-order chi connectivity index (χ0) is 22.7. The molecular formula is C24H24N2O6. The molecule has 1 N–H and O–H groups in total. The Hall–Kier alpha value is -3.68. The van der Waals surface area contributed by atoms with Gasteiger partial charge in [0.25, 0.3) is 5.91 Å². The Morgan fingerprint density at radius 1 is 1.00 bits per heavy atom. The Morgan fingerprint density at radius 3 is 2.38 bits per heavy atom. The number of hydrogen-bond donors (Lipinski definition) is 1. The molecule has 0 aromatic heterocycles. The van der Waals surface area contributed by atoms with E-state index in [-0.39, 0.29) is 29.2 Å². The minimum Gasteiger partial charge on any atom is -0.497 e. The number of amides is 3. The molecule has 0 spiro atoms. The number of fused-ring (bicyclic) bond motifs is 1. The maximum atomic E-state index is 12.8. The van der Waals surface area contributed by atoms with Gasteiger partial charge in [0.15, 0.2) is 6.61 Å². The average molecular weight is 436 g/mol. The zero-order valence-corrected chi connectivity index (χ0v) is 17.7. The van der Waals surface area contributed by atoms with Gasteiger partial charge in [0.1, 0.15) is 5.75 Å². The molecule has 1 heterocycles. The van der Waals surface area contributed by atoms with Gasteiger partial charge in [-0.3, -0.25) is 19.3 Å². The second-order valence-corrected chi connectivity index (χ2v) is 7.92. The molecule has 8 nitrogen and oxygen atoms in total. The van der Waals surface area contributed by atoms with E-state index in [1.54, 1.807) is 36.4 Å². The van der Waals surface area contributed by atoms with Crippen LogP contribution in [0.3, 0.4) is 0 Å². The lowest BCUT2D eigenvalue weighted by atomic mass is 9.81. The van der Waals surface area contributed by atoms with Crippen LogP contribution in [-0.2, 0) is 19.1 Å². The summed E-state index contributed by atoms with van der Waals surface area (Å²) in [6.07, 6.45) is 3.32. The van der Waals surface area contributed by atoms with Gasteiger partial charge in [-0.05, 0) is 43.2 Å². The molecule has 3 amide bonds. The molecule has 2 aliphatic rings. The third-order valence-corrected chi connectivity index (χ3v) is 5.87. The average Bonchev–Trinajstić information content (AvgIpc) is 3.08. The van der Waals surface area contributed by atoms with Crippen LogP contribution < -0.4 is 15.0 Å². The molecule has 32 heavy (non-hydrogen) atoms. The number of hydrogen-bond acceptors (Lipinski definition) is 6. The molecule has 4 rings (SSSR count). The van der Waals surface area contributed by atoms with Gasteiger partial charge in [0.05, 0.1) is 30.2 Å². The van der Waals surface area contributed by atoms with Gasteiger partial charge in [-0.1, -0.05) is 25.0 Å². The minimum atomic E-state index is -0.718. The molecular weight excluding hydrogens is 412 g/mol. The summed E-state index contributed by atoms with van der Waals surface area (Å²) in [6.45, 7) is -0.480. The molecule has 1 saturated heterocycles. The molecule has 166 valence electrons. The highest BCUT2D eigenvalue weighted by atomic mass is 16.5. The number of imide groups is 1. The smallest absolute Gasteiger partial charge is 0.338 e. The summed E-state index contributed by atoms with van der Waals surface area (Å²) in [5.41, 5.74) is 1.02. The number of benzene rings is 2. The molecule has 2 aromatic carbocycles. The monoisotopic (exact) mass is 436 g/mol. The van der Waals surface area contributed by atoms with Crippen molar-refractivity contribution in [2.45, 2.75) is 25.7 Å². The zero-order valence-electron chi connectivity index (χ0n) is 17.7. The first kappa shape index (κ1) is 21.5. The molecule has 1 aliphatic carbocycles. The van der Waals surface area contributed by atoms with Crippen LogP contribution in [0.15, 0.2) is 48.5 Å². The van der Waals surface area contributed by atoms with E-state index >= 15 is 0 Å². The molecule has 1 aliphatic heterocycles. The number of nitrogens with zero attached hydrogens (tertiary/aromatic N) is 1. The molecule has 1 saturated carbocycles. The number of ether oxygens (including phenoxy) is 2. The van der Waals surface area contributed by atoms with Crippen LogP contribution in [0.25, 0.3) is 0 Å². The summed E-state index contributed by atoms with van der Waals surface area (Å²) < 4.78 is 10.2. The molecule has 2 fully saturated rings. The Kier molecular flexibility index (Phi) is 6.20. The Balaban J connectivity index is 1.39. The lowest BCUT2D eigenvalue weighted by Crippen LogP contribution is -2.31. The van der Waals surface area contributed by atoms with Crippen molar-refractivity contribution in [2.75, 3.05) is 23.9 Å². The molecule has 0 unspecified atom stereocenters. The molecule has 8 heteroatoms. The lowest BCUT2D eigenvalue weighted by Gasteiger charge is -2.19. The first-order valence-corrected chi connectivity index (χ1v) is 10.6. The van der Waals surface area contributed by atoms with Crippen LogP contribution in [0.1, 0.15) is 36.0 Å². The van der Waals surface area contributed by atoms with Gasteiger partial charge in [-0.15, -0.1) is 0 Å². The van der Waals surface area contributed by atoms with Gasteiger partial charge in [0.2, 0.25) is 11.8 Å². The molecule has 0 bridgehead atoms. The summed E-state index contributed by atoms with van der Waals surface area (Å²) in [6, 6.07) is 13.0. The normalized spacial score (nSPS) is 20.0. The van der Waals surface area contributed by atoms with E-state index < -0.39 is 18.5 Å². The van der Waals surface area contributed by atoms with E-state index in [0.717, 1.165) is 25.7 Å². The van der Waals surface area contributed by atoms with Gasteiger partial charge in [-0.2, -0.15) is 0 Å². The molecule has 0 radical (unpaired) electrons. The van der Waals surface area contributed by atoms with Crippen molar-refractivity contribution in [3.63, 3.8) is 0 Å². The SMILES string of the molecule is COc1cccc(NC(=O)COC(=O)c2cccc(N3C(=O)[C@H]4CCCC[C@H]4C3=O)c2)c1. The second-order valence-electron chi connectivity index (χ2n) is 7.92. The lowest BCUT2D eigenvalue weighted by molar-refractivity contribution is -0.122. The number of nitrogens with one attached hydrogen (secondary N) is 1. The number of rotatable bonds is 6. The largest absolute Gasteiger partial charge is 0.497 e. The van der Waals surface area contributed by atoms with Gasteiger partial charge < -0.3 is 14.8 Å². The Labute approximate surface area is 185 Å². The summed E-state index contributed by atoms with van der Waals surface area (Å²) in [4.78, 5) is 51.4. The number of carbonyl (C=O) groups excluding carboxylic acids is 4. The van der Waals surface area contributed by atoms with E-state index in [0.29, 0.717) is 17.1 Å². The van der Waals surface area contributed by atoms with E-state index in [1.807, 2.05) is 0 Å². The van der Waals surface area contributed by atoms with Crippen LogP contribution in [0.5, 0.6) is 5.75 Å². The van der Waals surface area contributed by atoms with E-state index in [4.69, 9.17) is 9.47 Å². The van der Waals surface area contributed by atoms with Crippen LogP contribution in [-0.4, -0.2) is 37.4 Å². The van der Waals surface area contributed by atoms with Gasteiger partial charge in [0, 0.05) is 11.8 Å². The van der Waals surface area contributed by atoms with Crippen molar-refractivity contribution in [3.8, 4) is 5.75 Å². The van der Waals surface area contributed by atoms with Crippen molar-refractivity contribution < 1.29 is 28.7 Å². The van der Waals surface area contributed by atoms with Gasteiger partial charge in [-0.25, -0.2) is 4.79 Å². The van der Waals surface area contributed by atoms with E-state index in [9.17, 15) is 19.2 Å². The van der Waals surface area contributed by atoms with Crippen LogP contribution >= 0.6 is 0 Å². The highest BCUT2D eigenvalue weighted by molar-refractivity contribution is 6.22. The van der Waals surface area contributed by atoms with Crippen LogP contribution in [0.2, 0.25) is 0 Å². The Bertz CT molecular complexity index is 1040. The first-order chi connectivity index (χ1) is 15.5. The molecule has 2 aromatic rings. The maximum absolute atomic E-state index is 12.8. The van der Waals surface area contributed by atoms with Crippen molar-refractivity contribution in [3.05, 3.63) is 54.1 Å². The summed E-state index contributed by atoms with van der Waals surface area (Å²) >= 11 is 0. The molecule has 2 atom stereocenters. The number of esters is 1. The number of carbonyl (C=O) groups is 4. The van der Waals surface area contributed by atoms with Crippen molar-refractivity contribution in [1.82, 2.24) is 0 Å². The van der Waals surface area contributed by atoms with E-state index in [2.05, 4.69) is 5.32 Å². The third-order valence-electron chi connectivity index (χ3n) is 5.87. The topological polar surface area (TPSA) is 102 Å². The highest BCUT2D eigenvalue weighted by Gasteiger charge is 2.48. The fourth-order valence-electron chi connectivity index (χ4n) is 4.30. The van der Waals surface area contributed by atoms with Crippen molar-refractivity contribution >= 4 is 35.1 Å². The highest BCUT2D eigenvalue weighted by Crippen LogP contribution is 2.40. The third kappa shape index (κ3) is 4.34.